The van der Waals surface area contributed by atoms with Crippen molar-refractivity contribution >= 4 is 28.2 Å². The molecule has 1 atom stereocenters. The first kappa shape index (κ1) is 16.8. The van der Waals surface area contributed by atoms with Crippen LogP contribution in [-0.2, 0) is 4.79 Å². The fourth-order valence-electron chi connectivity index (χ4n) is 3.03. The highest BCUT2D eigenvalue weighted by Crippen LogP contribution is 2.30. The van der Waals surface area contributed by atoms with E-state index in [1.165, 1.54) is 0 Å². The van der Waals surface area contributed by atoms with E-state index in [4.69, 9.17) is 0 Å². The summed E-state index contributed by atoms with van der Waals surface area (Å²) >= 11 is 1.55. The standard InChI is InChI=1S/C17H23N5OS/c1-4-15(23)22-8-6-5-7-13(22)16-18-11(2)9-14(20-16)21-17-19-12(3)10-24-17/h9-10,13H,4-8H2,1-3H3,(H,18,19,20,21). The summed E-state index contributed by atoms with van der Waals surface area (Å²) in [5, 5.41) is 6.08. The molecule has 0 aliphatic carbocycles. The van der Waals surface area contributed by atoms with Gasteiger partial charge in [-0.2, -0.15) is 0 Å². The van der Waals surface area contributed by atoms with Crippen LogP contribution in [0.2, 0.25) is 0 Å². The van der Waals surface area contributed by atoms with E-state index in [9.17, 15) is 4.79 Å². The topological polar surface area (TPSA) is 71.0 Å². The van der Waals surface area contributed by atoms with Crippen LogP contribution in [0.4, 0.5) is 10.9 Å². The summed E-state index contributed by atoms with van der Waals surface area (Å²) in [7, 11) is 0. The molecule has 3 heterocycles. The maximum Gasteiger partial charge on any atom is 0.222 e. The number of amides is 1. The Kier molecular flexibility index (Phi) is 5.08. The van der Waals surface area contributed by atoms with Crippen LogP contribution < -0.4 is 5.32 Å². The van der Waals surface area contributed by atoms with Gasteiger partial charge in [0, 0.05) is 30.1 Å². The smallest absolute Gasteiger partial charge is 0.222 e. The molecule has 1 N–H and O–H groups in total. The number of rotatable bonds is 4. The predicted octanol–water partition coefficient (Wildman–Crippen LogP) is 3.76. The maximum atomic E-state index is 12.3. The highest BCUT2D eigenvalue weighted by Gasteiger charge is 2.29. The molecular formula is C17H23N5OS. The monoisotopic (exact) mass is 345 g/mol. The number of nitrogens with one attached hydrogen (secondary N) is 1. The highest BCUT2D eigenvalue weighted by atomic mass is 32.1. The Hall–Kier alpha value is -2.02. The first-order valence-electron chi connectivity index (χ1n) is 8.41. The van der Waals surface area contributed by atoms with E-state index < -0.39 is 0 Å². The second-order valence-electron chi connectivity index (χ2n) is 6.12. The fraction of sp³-hybridized carbons (Fsp3) is 0.529. The summed E-state index contributed by atoms with van der Waals surface area (Å²) in [6, 6.07) is 1.89. The number of aryl methyl sites for hydroxylation is 2. The minimum absolute atomic E-state index is 0.0234. The molecule has 7 heteroatoms. The van der Waals surface area contributed by atoms with Crippen LogP contribution in [0.25, 0.3) is 0 Å². The number of carbonyl (C=O) groups excluding carboxylic acids is 1. The molecule has 2 aromatic heterocycles. The average Bonchev–Trinajstić information content (AvgIpc) is 2.98. The molecule has 1 amide bonds. The van der Waals surface area contributed by atoms with Gasteiger partial charge in [0.2, 0.25) is 5.91 Å². The Bertz CT molecular complexity index is 730. The van der Waals surface area contributed by atoms with Crippen LogP contribution in [0.3, 0.4) is 0 Å². The third-order valence-corrected chi connectivity index (χ3v) is 5.02. The zero-order chi connectivity index (χ0) is 17.1. The number of nitrogens with zero attached hydrogens (tertiary/aromatic N) is 4. The Morgan fingerprint density at radius 1 is 1.29 bits per heavy atom. The molecule has 6 nitrogen and oxygen atoms in total. The predicted molar refractivity (Wildman–Crippen MR) is 95.5 cm³/mol. The maximum absolute atomic E-state index is 12.3. The van der Waals surface area contributed by atoms with Gasteiger partial charge in [0.25, 0.3) is 0 Å². The number of likely N-dealkylation sites (tertiary alicyclic amines) is 1. The molecule has 24 heavy (non-hydrogen) atoms. The lowest BCUT2D eigenvalue weighted by Crippen LogP contribution is -2.39. The van der Waals surface area contributed by atoms with Crippen molar-refractivity contribution in [2.45, 2.75) is 52.5 Å². The van der Waals surface area contributed by atoms with E-state index in [-0.39, 0.29) is 11.9 Å². The molecule has 0 radical (unpaired) electrons. The summed E-state index contributed by atoms with van der Waals surface area (Å²) in [5.41, 5.74) is 1.88. The molecule has 2 aromatic rings. The van der Waals surface area contributed by atoms with Gasteiger partial charge in [0.1, 0.15) is 5.82 Å². The molecule has 3 rings (SSSR count). The van der Waals surface area contributed by atoms with Gasteiger partial charge in [-0.15, -0.1) is 11.3 Å². The first-order chi connectivity index (χ1) is 11.6. The van der Waals surface area contributed by atoms with Crippen LogP contribution in [0.15, 0.2) is 11.4 Å². The normalized spacial score (nSPS) is 17.8. The van der Waals surface area contributed by atoms with Crippen molar-refractivity contribution < 1.29 is 4.79 Å². The molecule has 128 valence electrons. The van der Waals surface area contributed by atoms with Crippen LogP contribution in [0, 0.1) is 13.8 Å². The average molecular weight is 345 g/mol. The number of anilines is 2. The zero-order valence-electron chi connectivity index (χ0n) is 14.4. The van der Waals surface area contributed by atoms with Gasteiger partial charge < -0.3 is 10.2 Å². The van der Waals surface area contributed by atoms with Crippen LogP contribution in [0.5, 0.6) is 0 Å². The van der Waals surface area contributed by atoms with Crippen molar-refractivity contribution in [2.24, 2.45) is 0 Å². The van der Waals surface area contributed by atoms with Gasteiger partial charge in [-0.25, -0.2) is 15.0 Å². The molecule has 1 aliphatic rings. The fourth-order valence-corrected chi connectivity index (χ4v) is 3.72. The van der Waals surface area contributed by atoms with Crippen LogP contribution >= 0.6 is 11.3 Å². The molecule has 1 saturated heterocycles. The zero-order valence-corrected chi connectivity index (χ0v) is 15.2. The molecule has 1 unspecified atom stereocenters. The van der Waals surface area contributed by atoms with E-state index in [0.717, 1.165) is 54.0 Å². The lowest BCUT2D eigenvalue weighted by Gasteiger charge is -2.34. The Labute approximate surface area is 146 Å². The Morgan fingerprint density at radius 2 is 2.12 bits per heavy atom. The van der Waals surface area contributed by atoms with Gasteiger partial charge >= 0.3 is 0 Å². The van der Waals surface area contributed by atoms with Crippen molar-refractivity contribution in [3.63, 3.8) is 0 Å². The SMILES string of the molecule is CCC(=O)N1CCCCC1c1nc(C)cc(Nc2nc(C)cs2)n1. The minimum Gasteiger partial charge on any atom is -0.332 e. The van der Waals surface area contributed by atoms with Gasteiger partial charge in [0.05, 0.1) is 11.7 Å². The quantitative estimate of drug-likeness (QED) is 0.913. The van der Waals surface area contributed by atoms with Crippen molar-refractivity contribution in [1.82, 2.24) is 19.9 Å². The number of aromatic nitrogens is 3. The Morgan fingerprint density at radius 3 is 2.83 bits per heavy atom. The first-order valence-corrected chi connectivity index (χ1v) is 9.29. The third kappa shape index (κ3) is 3.72. The summed E-state index contributed by atoms with van der Waals surface area (Å²) < 4.78 is 0. The largest absolute Gasteiger partial charge is 0.332 e. The van der Waals surface area contributed by atoms with Gasteiger partial charge in [0.15, 0.2) is 11.0 Å². The summed E-state index contributed by atoms with van der Waals surface area (Å²) in [6.07, 6.45) is 3.60. The number of hydrogen-bond acceptors (Lipinski definition) is 6. The van der Waals surface area contributed by atoms with E-state index >= 15 is 0 Å². The molecule has 1 fully saturated rings. The second kappa shape index (κ2) is 7.25. The van der Waals surface area contributed by atoms with Crippen molar-refractivity contribution in [1.29, 1.82) is 0 Å². The van der Waals surface area contributed by atoms with Gasteiger partial charge in [-0.05, 0) is 33.1 Å². The van der Waals surface area contributed by atoms with Crippen molar-refractivity contribution in [3.05, 3.63) is 28.7 Å². The summed E-state index contributed by atoms with van der Waals surface area (Å²) in [5.74, 6) is 1.64. The molecule has 0 saturated carbocycles. The van der Waals surface area contributed by atoms with Crippen LogP contribution in [-0.4, -0.2) is 32.3 Å². The van der Waals surface area contributed by atoms with Gasteiger partial charge in [-0.1, -0.05) is 6.92 Å². The lowest BCUT2D eigenvalue weighted by molar-refractivity contribution is -0.134. The lowest BCUT2D eigenvalue weighted by atomic mass is 10.0. The number of thiazole rings is 1. The van der Waals surface area contributed by atoms with E-state index in [1.807, 2.05) is 37.1 Å². The summed E-state index contributed by atoms with van der Waals surface area (Å²) in [6.45, 7) is 6.62. The highest BCUT2D eigenvalue weighted by molar-refractivity contribution is 7.13. The van der Waals surface area contributed by atoms with E-state index in [0.29, 0.717) is 6.42 Å². The molecule has 0 bridgehead atoms. The van der Waals surface area contributed by atoms with Crippen molar-refractivity contribution in [3.8, 4) is 0 Å². The Balaban J connectivity index is 1.87. The number of piperidine rings is 1. The van der Waals surface area contributed by atoms with Crippen LogP contribution in [0.1, 0.15) is 55.9 Å². The van der Waals surface area contributed by atoms with E-state index in [1.54, 1.807) is 11.3 Å². The third-order valence-electron chi connectivity index (χ3n) is 4.15. The molecular weight excluding hydrogens is 322 g/mol. The second-order valence-corrected chi connectivity index (χ2v) is 6.98. The van der Waals surface area contributed by atoms with E-state index in [2.05, 4.69) is 20.3 Å². The molecule has 0 aromatic carbocycles. The molecule has 1 aliphatic heterocycles. The number of hydrogen-bond donors (Lipinski definition) is 1. The van der Waals surface area contributed by atoms with Gasteiger partial charge in [-0.3, -0.25) is 4.79 Å². The summed E-state index contributed by atoms with van der Waals surface area (Å²) in [4.78, 5) is 27.9. The van der Waals surface area contributed by atoms with Crippen molar-refractivity contribution in [2.75, 3.05) is 11.9 Å². The number of carbonyl (C=O) groups is 1. The minimum atomic E-state index is -0.0234. The molecule has 0 spiro atoms.